The number of alkyl halides is 3. The van der Waals surface area contributed by atoms with Crippen molar-refractivity contribution in [2.24, 2.45) is 5.92 Å². The second-order valence-corrected chi connectivity index (χ2v) is 9.27. The number of hydrogen-bond acceptors (Lipinski definition) is 3. The van der Waals surface area contributed by atoms with Gasteiger partial charge in [-0.1, -0.05) is 24.3 Å². The molecular weight excluding hydrogens is 481 g/mol. The number of hydrogen-bond donors (Lipinski definition) is 2. The SMILES string of the molecule is O=C(CCC(F)(F)F)Nc1cccc(-n2cnc3cc(-c4cccc(C(=O)NCC5CC5)c4)ccc32)c1. The highest BCUT2D eigenvalue weighted by Crippen LogP contribution is 2.29. The first kappa shape index (κ1) is 24.5. The largest absolute Gasteiger partial charge is 0.389 e. The van der Waals surface area contributed by atoms with E-state index in [1.807, 2.05) is 47.0 Å². The van der Waals surface area contributed by atoms with Crippen LogP contribution in [0.15, 0.2) is 73.1 Å². The van der Waals surface area contributed by atoms with Crippen molar-refractivity contribution in [1.29, 1.82) is 0 Å². The van der Waals surface area contributed by atoms with Gasteiger partial charge in [0.15, 0.2) is 0 Å². The molecule has 2 N–H and O–H groups in total. The molecule has 0 saturated heterocycles. The zero-order valence-corrected chi connectivity index (χ0v) is 19.9. The maximum absolute atomic E-state index is 12.5. The maximum atomic E-state index is 12.5. The smallest absolute Gasteiger partial charge is 0.352 e. The number of rotatable bonds is 8. The fourth-order valence-electron chi connectivity index (χ4n) is 4.11. The number of nitrogens with zero attached hydrogens (tertiary/aromatic N) is 2. The topological polar surface area (TPSA) is 76.0 Å². The molecule has 1 fully saturated rings. The lowest BCUT2D eigenvalue weighted by atomic mass is 10.0. The average molecular weight is 507 g/mol. The quantitative estimate of drug-likeness (QED) is 0.303. The Morgan fingerprint density at radius 1 is 0.973 bits per heavy atom. The Labute approximate surface area is 211 Å². The zero-order valence-electron chi connectivity index (χ0n) is 19.9. The fourth-order valence-corrected chi connectivity index (χ4v) is 4.11. The molecule has 1 heterocycles. The lowest BCUT2D eigenvalue weighted by Gasteiger charge is -2.10. The van der Waals surface area contributed by atoms with E-state index in [-0.39, 0.29) is 5.91 Å². The van der Waals surface area contributed by atoms with E-state index in [2.05, 4.69) is 15.6 Å². The summed E-state index contributed by atoms with van der Waals surface area (Å²) in [7, 11) is 0. The van der Waals surface area contributed by atoms with E-state index in [4.69, 9.17) is 0 Å². The van der Waals surface area contributed by atoms with Crippen molar-refractivity contribution in [2.45, 2.75) is 31.9 Å². The van der Waals surface area contributed by atoms with Gasteiger partial charge in [-0.25, -0.2) is 4.98 Å². The average Bonchev–Trinajstić information content (AvgIpc) is 3.62. The van der Waals surface area contributed by atoms with Gasteiger partial charge in [0.05, 0.1) is 17.5 Å². The molecule has 2 amide bonds. The summed E-state index contributed by atoms with van der Waals surface area (Å²) in [5.41, 5.74) is 5.10. The van der Waals surface area contributed by atoms with E-state index in [9.17, 15) is 22.8 Å². The van der Waals surface area contributed by atoms with Crippen LogP contribution in [0.1, 0.15) is 36.0 Å². The summed E-state index contributed by atoms with van der Waals surface area (Å²) in [5, 5.41) is 5.51. The monoisotopic (exact) mass is 506 g/mol. The number of benzene rings is 3. The summed E-state index contributed by atoms with van der Waals surface area (Å²) < 4.78 is 39.0. The summed E-state index contributed by atoms with van der Waals surface area (Å²) in [6.07, 6.45) is -2.17. The summed E-state index contributed by atoms with van der Waals surface area (Å²) >= 11 is 0. The number of halogens is 3. The molecular formula is C28H25F3N4O2. The minimum absolute atomic E-state index is 0.0792. The normalized spacial score (nSPS) is 13.5. The molecule has 0 unspecified atom stereocenters. The number of carbonyl (C=O) groups excluding carboxylic acids is 2. The standard InChI is InChI=1S/C28H25F3N4O2/c29-28(30,31)12-11-26(36)34-22-5-2-6-23(15-22)35-17-33-24-14-20(9-10-25(24)35)19-3-1-4-21(13-19)27(37)32-16-18-7-8-18/h1-6,9-10,13-15,17-18H,7-8,11-12,16H2,(H,32,37)(H,34,36). The Morgan fingerprint density at radius 2 is 1.76 bits per heavy atom. The number of carbonyl (C=O) groups is 2. The first-order valence-electron chi connectivity index (χ1n) is 12.1. The molecule has 0 atom stereocenters. The number of anilines is 1. The third kappa shape index (κ3) is 6.17. The Kier molecular flexibility index (Phi) is 6.69. The molecule has 6 nitrogen and oxygen atoms in total. The highest BCUT2D eigenvalue weighted by atomic mass is 19.4. The van der Waals surface area contributed by atoms with Gasteiger partial charge >= 0.3 is 6.18 Å². The summed E-state index contributed by atoms with van der Waals surface area (Å²) in [6, 6.07) is 20.1. The van der Waals surface area contributed by atoms with Crippen LogP contribution < -0.4 is 10.6 Å². The maximum Gasteiger partial charge on any atom is 0.389 e. The minimum Gasteiger partial charge on any atom is -0.352 e. The molecule has 1 aromatic heterocycles. The van der Waals surface area contributed by atoms with Crippen LogP contribution in [0.4, 0.5) is 18.9 Å². The van der Waals surface area contributed by atoms with Crippen molar-refractivity contribution < 1.29 is 22.8 Å². The number of aromatic nitrogens is 2. The molecule has 0 bridgehead atoms. The Morgan fingerprint density at radius 3 is 2.54 bits per heavy atom. The van der Waals surface area contributed by atoms with E-state index in [1.165, 1.54) is 12.8 Å². The lowest BCUT2D eigenvalue weighted by Crippen LogP contribution is -2.25. The van der Waals surface area contributed by atoms with Gasteiger partial charge in [0, 0.05) is 29.9 Å². The number of amides is 2. The van der Waals surface area contributed by atoms with Gasteiger partial charge in [-0.15, -0.1) is 0 Å². The lowest BCUT2D eigenvalue weighted by molar-refractivity contribution is -0.142. The number of imidazole rings is 1. The highest BCUT2D eigenvalue weighted by Gasteiger charge is 2.28. The van der Waals surface area contributed by atoms with E-state index in [1.54, 1.807) is 30.6 Å². The van der Waals surface area contributed by atoms with Crippen LogP contribution in [0, 0.1) is 5.92 Å². The van der Waals surface area contributed by atoms with Gasteiger partial charge in [-0.05, 0) is 72.4 Å². The van der Waals surface area contributed by atoms with E-state index in [0.717, 1.165) is 22.2 Å². The van der Waals surface area contributed by atoms with Gasteiger partial charge in [0.2, 0.25) is 5.91 Å². The Hall–Kier alpha value is -4.14. The van der Waals surface area contributed by atoms with Crippen molar-refractivity contribution in [2.75, 3.05) is 11.9 Å². The van der Waals surface area contributed by atoms with Crippen LogP contribution in [-0.2, 0) is 4.79 Å². The second kappa shape index (κ2) is 10.1. The second-order valence-electron chi connectivity index (χ2n) is 9.27. The first-order chi connectivity index (χ1) is 17.7. The van der Waals surface area contributed by atoms with E-state index < -0.39 is 24.9 Å². The molecule has 37 heavy (non-hydrogen) atoms. The van der Waals surface area contributed by atoms with Gasteiger partial charge < -0.3 is 10.6 Å². The van der Waals surface area contributed by atoms with Crippen LogP contribution in [0.25, 0.3) is 27.8 Å². The minimum atomic E-state index is -4.38. The van der Waals surface area contributed by atoms with Crippen LogP contribution in [0.2, 0.25) is 0 Å². The number of nitrogens with one attached hydrogen (secondary N) is 2. The molecule has 0 spiro atoms. The number of fused-ring (bicyclic) bond motifs is 1. The summed E-state index contributed by atoms with van der Waals surface area (Å²) in [6.45, 7) is 0.713. The van der Waals surface area contributed by atoms with Gasteiger partial charge in [0.25, 0.3) is 5.91 Å². The molecule has 1 aliphatic carbocycles. The zero-order chi connectivity index (χ0) is 26.0. The summed E-state index contributed by atoms with van der Waals surface area (Å²) in [4.78, 5) is 28.9. The van der Waals surface area contributed by atoms with Crippen molar-refractivity contribution in [3.8, 4) is 16.8 Å². The molecule has 0 radical (unpaired) electrons. The van der Waals surface area contributed by atoms with Crippen LogP contribution >= 0.6 is 0 Å². The van der Waals surface area contributed by atoms with Crippen molar-refractivity contribution >= 4 is 28.5 Å². The first-order valence-corrected chi connectivity index (χ1v) is 12.1. The van der Waals surface area contributed by atoms with Crippen molar-refractivity contribution in [3.63, 3.8) is 0 Å². The highest BCUT2D eigenvalue weighted by molar-refractivity contribution is 5.96. The molecule has 9 heteroatoms. The fraction of sp³-hybridized carbons (Fsp3) is 0.250. The molecule has 190 valence electrons. The molecule has 4 aromatic rings. The van der Waals surface area contributed by atoms with Crippen LogP contribution in [-0.4, -0.2) is 34.1 Å². The molecule has 3 aromatic carbocycles. The van der Waals surface area contributed by atoms with E-state index in [0.29, 0.717) is 29.4 Å². The summed E-state index contributed by atoms with van der Waals surface area (Å²) in [5.74, 6) is -0.168. The molecule has 5 rings (SSSR count). The van der Waals surface area contributed by atoms with Crippen molar-refractivity contribution in [1.82, 2.24) is 14.9 Å². The van der Waals surface area contributed by atoms with Gasteiger partial charge in [0.1, 0.15) is 6.33 Å². The molecule has 0 aliphatic heterocycles. The molecule has 1 aliphatic rings. The van der Waals surface area contributed by atoms with Gasteiger partial charge in [-0.2, -0.15) is 13.2 Å². The van der Waals surface area contributed by atoms with Gasteiger partial charge in [-0.3, -0.25) is 14.2 Å². The van der Waals surface area contributed by atoms with Crippen LogP contribution in [0.3, 0.4) is 0 Å². The predicted molar refractivity (Wildman–Crippen MR) is 135 cm³/mol. The van der Waals surface area contributed by atoms with E-state index >= 15 is 0 Å². The van der Waals surface area contributed by atoms with Crippen LogP contribution in [0.5, 0.6) is 0 Å². The third-order valence-corrected chi connectivity index (χ3v) is 6.30. The Balaban J connectivity index is 1.33. The Bertz CT molecular complexity index is 1460. The predicted octanol–water partition coefficient (Wildman–Crippen LogP) is 6.11. The molecule has 1 saturated carbocycles. The van der Waals surface area contributed by atoms with Crippen molar-refractivity contribution in [3.05, 3.63) is 78.6 Å². The third-order valence-electron chi connectivity index (χ3n) is 6.30.